The minimum absolute atomic E-state index is 0.0888. The number of aryl methyl sites for hydroxylation is 2. The average molecular weight is 432 g/mol. The molecule has 1 heterocycles. The van der Waals surface area contributed by atoms with Crippen LogP contribution in [0.15, 0.2) is 52.1 Å². The van der Waals surface area contributed by atoms with E-state index < -0.39 is 0 Å². The first-order chi connectivity index (χ1) is 12.4. The van der Waals surface area contributed by atoms with Crippen molar-refractivity contribution in [1.82, 2.24) is 20.2 Å². The lowest BCUT2D eigenvalue weighted by molar-refractivity contribution is -0.115. The fourth-order valence-corrected chi connectivity index (χ4v) is 3.39. The predicted molar refractivity (Wildman–Crippen MR) is 107 cm³/mol. The van der Waals surface area contributed by atoms with Gasteiger partial charge in [-0.05, 0) is 72.7 Å². The molecule has 0 spiro atoms. The maximum Gasteiger partial charge on any atom is 0.237 e. The van der Waals surface area contributed by atoms with E-state index in [-0.39, 0.29) is 11.2 Å². The van der Waals surface area contributed by atoms with Crippen LogP contribution in [0.5, 0.6) is 0 Å². The van der Waals surface area contributed by atoms with Gasteiger partial charge in [-0.1, -0.05) is 39.8 Å². The van der Waals surface area contributed by atoms with Gasteiger partial charge in [0.25, 0.3) is 0 Å². The van der Waals surface area contributed by atoms with E-state index in [0.717, 1.165) is 27.0 Å². The van der Waals surface area contributed by atoms with Gasteiger partial charge in [0.05, 0.1) is 10.9 Å². The number of amides is 1. The molecule has 3 aromatic rings. The van der Waals surface area contributed by atoms with Crippen molar-refractivity contribution >= 4 is 39.3 Å². The maximum absolute atomic E-state index is 12.6. The number of halogens is 1. The first-order valence-corrected chi connectivity index (χ1v) is 9.70. The molecule has 0 radical (unpaired) electrons. The van der Waals surface area contributed by atoms with Gasteiger partial charge >= 0.3 is 0 Å². The van der Waals surface area contributed by atoms with E-state index in [4.69, 9.17) is 0 Å². The van der Waals surface area contributed by atoms with Gasteiger partial charge in [-0.15, -0.1) is 5.10 Å². The van der Waals surface area contributed by atoms with Crippen molar-refractivity contribution in [3.63, 3.8) is 0 Å². The molecule has 1 N–H and O–H groups in total. The first kappa shape index (κ1) is 18.6. The largest absolute Gasteiger partial charge is 0.325 e. The van der Waals surface area contributed by atoms with Crippen molar-refractivity contribution in [2.75, 3.05) is 5.32 Å². The van der Waals surface area contributed by atoms with Gasteiger partial charge in [-0.25, -0.2) is 0 Å². The minimum atomic E-state index is -0.352. The van der Waals surface area contributed by atoms with Crippen molar-refractivity contribution < 1.29 is 4.79 Å². The Labute approximate surface area is 164 Å². The van der Waals surface area contributed by atoms with Crippen molar-refractivity contribution in [3.05, 3.63) is 58.1 Å². The van der Waals surface area contributed by atoms with Gasteiger partial charge in [-0.3, -0.25) is 4.79 Å². The second kappa shape index (κ2) is 8.01. The van der Waals surface area contributed by atoms with Gasteiger partial charge in [0.1, 0.15) is 0 Å². The third kappa shape index (κ3) is 4.31. The molecule has 6 nitrogen and oxygen atoms in total. The first-order valence-electron chi connectivity index (χ1n) is 8.03. The SMILES string of the molecule is Cc1ccc(C)c(NC(=O)C(C)Sc2nnnn2-c2ccc(Br)cc2)c1. The highest BCUT2D eigenvalue weighted by atomic mass is 79.9. The number of carbonyl (C=O) groups is 1. The summed E-state index contributed by atoms with van der Waals surface area (Å²) in [6.45, 7) is 5.81. The van der Waals surface area contributed by atoms with Gasteiger partial charge in [-0.2, -0.15) is 4.68 Å². The van der Waals surface area contributed by atoms with Crippen LogP contribution >= 0.6 is 27.7 Å². The molecule has 0 aliphatic carbocycles. The molecule has 1 amide bonds. The normalized spacial score (nSPS) is 12.0. The summed E-state index contributed by atoms with van der Waals surface area (Å²) in [7, 11) is 0. The summed E-state index contributed by atoms with van der Waals surface area (Å²) in [5.41, 5.74) is 3.80. The number of hydrogen-bond acceptors (Lipinski definition) is 5. The number of thioether (sulfide) groups is 1. The van der Waals surface area contributed by atoms with Crippen molar-refractivity contribution in [2.45, 2.75) is 31.2 Å². The molecule has 3 rings (SSSR count). The summed E-state index contributed by atoms with van der Waals surface area (Å²) in [4.78, 5) is 12.6. The van der Waals surface area contributed by atoms with E-state index in [9.17, 15) is 4.79 Å². The highest BCUT2D eigenvalue weighted by molar-refractivity contribution is 9.10. The molecule has 0 saturated heterocycles. The molecular weight excluding hydrogens is 414 g/mol. The average Bonchev–Trinajstić information content (AvgIpc) is 3.07. The van der Waals surface area contributed by atoms with Crippen LogP contribution in [0.25, 0.3) is 5.69 Å². The molecule has 2 aromatic carbocycles. The van der Waals surface area contributed by atoms with Crippen LogP contribution in [-0.2, 0) is 4.79 Å². The lowest BCUT2D eigenvalue weighted by Crippen LogP contribution is -2.23. The predicted octanol–water partition coefficient (Wildman–Crippen LogP) is 4.16. The minimum Gasteiger partial charge on any atom is -0.325 e. The van der Waals surface area contributed by atoms with Crippen LogP contribution in [-0.4, -0.2) is 31.4 Å². The maximum atomic E-state index is 12.6. The van der Waals surface area contributed by atoms with Gasteiger partial charge in [0, 0.05) is 10.2 Å². The van der Waals surface area contributed by atoms with Crippen LogP contribution in [0, 0.1) is 13.8 Å². The van der Waals surface area contributed by atoms with E-state index in [0.29, 0.717) is 5.16 Å². The zero-order chi connectivity index (χ0) is 18.7. The molecule has 1 unspecified atom stereocenters. The van der Waals surface area contributed by atoms with Crippen LogP contribution in [0.1, 0.15) is 18.1 Å². The standard InChI is InChI=1S/C18H18BrN5OS/c1-11-4-5-12(2)16(10-11)20-17(25)13(3)26-18-21-22-23-24(18)15-8-6-14(19)7-9-15/h4-10,13H,1-3H3,(H,20,25). The van der Waals surface area contributed by atoms with Crippen LogP contribution in [0.4, 0.5) is 5.69 Å². The van der Waals surface area contributed by atoms with E-state index in [1.54, 1.807) is 4.68 Å². The number of aromatic nitrogens is 4. The molecule has 8 heteroatoms. The van der Waals surface area contributed by atoms with Crippen molar-refractivity contribution in [1.29, 1.82) is 0 Å². The Hall–Kier alpha value is -2.19. The van der Waals surface area contributed by atoms with E-state index in [1.807, 2.05) is 63.2 Å². The monoisotopic (exact) mass is 431 g/mol. The molecule has 0 aliphatic rings. The van der Waals surface area contributed by atoms with E-state index in [1.165, 1.54) is 11.8 Å². The second-order valence-corrected chi connectivity index (χ2v) is 8.14. The molecule has 0 bridgehead atoms. The lowest BCUT2D eigenvalue weighted by atomic mass is 10.1. The molecule has 1 aromatic heterocycles. The highest BCUT2D eigenvalue weighted by Gasteiger charge is 2.20. The number of rotatable bonds is 5. The Morgan fingerprint density at radius 3 is 2.65 bits per heavy atom. The van der Waals surface area contributed by atoms with Crippen LogP contribution in [0.2, 0.25) is 0 Å². The van der Waals surface area contributed by atoms with Crippen LogP contribution < -0.4 is 5.32 Å². The summed E-state index contributed by atoms with van der Waals surface area (Å²) < 4.78 is 2.60. The zero-order valence-electron chi connectivity index (χ0n) is 14.6. The fraction of sp³-hybridized carbons (Fsp3) is 0.222. The van der Waals surface area contributed by atoms with Crippen molar-refractivity contribution in [3.8, 4) is 5.69 Å². The third-order valence-corrected chi connectivity index (χ3v) is 5.38. The molecule has 26 heavy (non-hydrogen) atoms. The molecule has 1 atom stereocenters. The topological polar surface area (TPSA) is 72.7 Å². The lowest BCUT2D eigenvalue weighted by Gasteiger charge is -2.13. The summed E-state index contributed by atoms with van der Waals surface area (Å²) >= 11 is 4.73. The Kier molecular flexibility index (Phi) is 5.73. The van der Waals surface area contributed by atoms with E-state index >= 15 is 0 Å². The van der Waals surface area contributed by atoms with Gasteiger partial charge in [0.2, 0.25) is 11.1 Å². The summed E-state index contributed by atoms with van der Waals surface area (Å²) in [5.74, 6) is -0.0888. The van der Waals surface area contributed by atoms with Gasteiger partial charge < -0.3 is 5.32 Å². The smallest absolute Gasteiger partial charge is 0.237 e. The molecule has 134 valence electrons. The third-order valence-electron chi connectivity index (χ3n) is 3.81. The number of benzene rings is 2. The number of anilines is 1. The molecular formula is C18H18BrN5OS. The molecule has 0 saturated carbocycles. The number of nitrogens with zero attached hydrogens (tertiary/aromatic N) is 4. The summed E-state index contributed by atoms with van der Waals surface area (Å²) in [6.07, 6.45) is 0. The zero-order valence-corrected chi connectivity index (χ0v) is 17.0. The Morgan fingerprint density at radius 1 is 1.19 bits per heavy atom. The Morgan fingerprint density at radius 2 is 1.92 bits per heavy atom. The number of carbonyl (C=O) groups excluding carboxylic acids is 1. The Balaban J connectivity index is 1.73. The molecule has 0 aliphatic heterocycles. The second-order valence-electron chi connectivity index (χ2n) is 5.92. The summed E-state index contributed by atoms with van der Waals surface area (Å²) in [6, 6.07) is 13.6. The number of nitrogens with one attached hydrogen (secondary N) is 1. The quantitative estimate of drug-likeness (QED) is 0.613. The molecule has 0 fully saturated rings. The highest BCUT2D eigenvalue weighted by Crippen LogP contribution is 2.25. The van der Waals surface area contributed by atoms with E-state index in [2.05, 4.69) is 36.8 Å². The Bertz CT molecular complexity index is 926. The number of tetrazole rings is 1. The number of hydrogen-bond donors (Lipinski definition) is 1. The van der Waals surface area contributed by atoms with Crippen molar-refractivity contribution in [2.24, 2.45) is 0 Å². The summed E-state index contributed by atoms with van der Waals surface area (Å²) in [5, 5.41) is 15.0. The fourth-order valence-electron chi connectivity index (χ4n) is 2.31. The van der Waals surface area contributed by atoms with Gasteiger partial charge in [0.15, 0.2) is 0 Å². The van der Waals surface area contributed by atoms with Crippen LogP contribution in [0.3, 0.4) is 0 Å².